The van der Waals surface area contributed by atoms with E-state index in [2.05, 4.69) is 47.4 Å². The van der Waals surface area contributed by atoms with Crippen LogP contribution >= 0.6 is 0 Å². The first-order valence-corrected chi connectivity index (χ1v) is 10.1. The highest BCUT2D eigenvalue weighted by molar-refractivity contribution is 5.13. The number of nitrogens with one attached hydrogen (secondary N) is 4. The minimum atomic E-state index is 0.444. The van der Waals surface area contributed by atoms with Crippen molar-refractivity contribution >= 4 is 0 Å². The lowest BCUT2D eigenvalue weighted by molar-refractivity contribution is -0.00344. The zero-order valence-electron chi connectivity index (χ0n) is 17.9. The van der Waals surface area contributed by atoms with Crippen molar-refractivity contribution in [3.05, 3.63) is 35.9 Å². The zero-order valence-corrected chi connectivity index (χ0v) is 17.9. The van der Waals surface area contributed by atoms with E-state index in [-0.39, 0.29) is 0 Å². The molecule has 0 aromatic heterocycles. The second kappa shape index (κ2) is 18.3. The summed E-state index contributed by atoms with van der Waals surface area (Å²) in [5, 5.41) is 16.8. The second-order valence-corrected chi connectivity index (χ2v) is 6.76. The van der Waals surface area contributed by atoms with Gasteiger partial charge in [0.25, 0.3) is 0 Å². The molecule has 1 fully saturated rings. The summed E-state index contributed by atoms with van der Waals surface area (Å²) in [6.45, 7) is 7.17. The zero-order chi connectivity index (χ0) is 20.3. The van der Waals surface area contributed by atoms with Gasteiger partial charge in [-0.2, -0.15) is 5.48 Å². The minimum absolute atomic E-state index is 0.444. The van der Waals surface area contributed by atoms with Gasteiger partial charge in [-0.1, -0.05) is 37.3 Å². The molecule has 1 aromatic rings. The molecule has 3 atom stereocenters. The number of rotatable bonds is 9. The first-order valence-electron chi connectivity index (χ1n) is 10.1. The van der Waals surface area contributed by atoms with Crippen LogP contribution in [0.2, 0.25) is 0 Å². The Morgan fingerprint density at radius 2 is 1.89 bits per heavy atom. The summed E-state index contributed by atoms with van der Waals surface area (Å²) in [5.74, 6) is 0. The molecule has 158 valence electrons. The molecule has 0 spiro atoms. The van der Waals surface area contributed by atoms with Crippen LogP contribution in [0, 0.1) is 0 Å². The molecule has 1 aliphatic rings. The maximum Gasteiger partial charge on any atom is 0.0933 e. The van der Waals surface area contributed by atoms with E-state index in [0.29, 0.717) is 24.7 Å². The maximum absolute atomic E-state index is 7.00. The SMILES string of the molecule is CCC(CCNC)NC.CO.C[C@@H]1CCC(NOCc2ccccc2)CN1. The molecule has 0 radical (unpaired) electrons. The molecule has 2 unspecified atom stereocenters. The Morgan fingerprint density at radius 1 is 1.19 bits per heavy atom. The van der Waals surface area contributed by atoms with E-state index in [9.17, 15) is 0 Å². The van der Waals surface area contributed by atoms with Gasteiger partial charge in [-0.25, -0.2) is 0 Å². The van der Waals surface area contributed by atoms with Crippen LogP contribution in [0.5, 0.6) is 0 Å². The number of piperidine rings is 1. The van der Waals surface area contributed by atoms with Crippen molar-refractivity contribution in [3.8, 4) is 0 Å². The molecular formula is C21H42N4O2. The van der Waals surface area contributed by atoms with Crippen molar-refractivity contribution in [1.82, 2.24) is 21.4 Å². The maximum atomic E-state index is 7.00. The summed E-state index contributed by atoms with van der Waals surface area (Å²) in [5.41, 5.74) is 4.33. The Kier molecular flexibility index (Phi) is 17.7. The van der Waals surface area contributed by atoms with Crippen LogP contribution in [-0.4, -0.2) is 57.5 Å². The molecule has 0 aliphatic carbocycles. The van der Waals surface area contributed by atoms with E-state index in [1.54, 1.807) is 0 Å². The van der Waals surface area contributed by atoms with Gasteiger partial charge in [0.2, 0.25) is 0 Å². The molecule has 1 saturated heterocycles. The standard InChI is InChI=1S/C13H20N2O.C7H18N2.CH4O/c1-11-7-8-13(9-14-11)15-16-10-12-5-3-2-4-6-12;1-4-7(9-3)5-6-8-2;1-2/h2-6,11,13-15H,7-10H2,1H3;7-9H,4-6H2,1-3H3;2H,1H3/t11-,13?;;/m1../s1. The van der Waals surface area contributed by atoms with Gasteiger partial charge in [0.1, 0.15) is 0 Å². The summed E-state index contributed by atoms with van der Waals surface area (Å²) in [4.78, 5) is 5.50. The minimum Gasteiger partial charge on any atom is -0.400 e. The van der Waals surface area contributed by atoms with Crippen LogP contribution in [0.3, 0.4) is 0 Å². The molecule has 1 heterocycles. The summed E-state index contributed by atoms with van der Waals surface area (Å²) < 4.78 is 0. The van der Waals surface area contributed by atoms with E-state index in [1.807, 2.05) is 32.3 Å². The van der Waals surface area contributed by atoms with Crippen molar-refractivity contribution in [2.45, 2.75) is 64.3 Å². The Labute approximate surface area is 166 Å². The lowest BCUT2D eigenvalue weighted by Gasteiger charge is -2.27. The molecule has 27 heavy (non-hydrogen) atoms. The average Bonchev–Trinajstić information content (AvgIpc) is 2.73. The molecule has 5 N–H and O–H groups in total. The third-order valence-electron chi connectivity index (χ3n) is 4.64. The third kappa shape index (κ3) is 13.7. The van der Waals surface area contributed by atoms with Crippen molar-refractivity contribution in [3.63, 3.8) is 0 Å². The van der Waals surface area contributed by atoms with Crippen LogP contribution in [0.1, 0.15) is 45.1 Å². The van der Waals surface area contributed by atoms with Crippen LogP contribution in [-0.2, 0) is 11.4 Å². The first kappa shape index (κ1) is 26.0. The molecule has 0 bridgehead atoms. The van der Waals surface area contributed by atoms with Crippen molar-refractivity contribution in [1.29, 1.82) is 0 Å². The summed E-state index contributed by atoms with van der Waals surface area (Å²) in [6.07, 6.45) is 4.84. The normalized spacial score (nSPS) is 19.9. The van der Waals surface area contributed by atoms with Crippen LogP contribution in [0.4, 0.5) is 0 Å². The van der Waals surface area contributed by atoms with Crippen LogP contribution in [0.15, 0.2) is 30.3 Å². The lowest BCUT2D eigenvalue weighted by Crippen LogP contribution is -2.46. The highest BCUT2D eigenvalue weighted by atomic mass is 16.6. The molecule has 6 nitrogen and oxygen atoms in total. The van der Waals surface area contributed by atoms with Gasteiger partial charge in [-0.05, 0) is 58.8 Å². The van der Waals surface area contributed by atoms with Gasteiger partial charge in [0.05, 0.1) is 6.61 Å². The van der Waals surface area contributed by atoms with Gasteiger partial charge < -0.3 is 21.1 Å². The number of hydroxylamine groups is 1. The monoisotopic (exact) mass is 382 g/mol. The van der Waals surface area contributed by atoms with Crippen LogP contribution < -0.4 is 21.4 Å². The predicted molar refractivity (Wildman–Crippen MR) is 115 cm³/mol. The lowest BCUT2D eigenvalue weighted by atomic mass is 10.0. The molecule has 1 aliphatic heterocycles. The molecule has 0 amide bonds. The van der Waals surface area contributed by atoms with E-state index in [0.717, 1.165) is 20.2 Å². The third-order valence-corrected chi connectivity index (χ3v) is 4.64. The predicted octanol–water partition coefficient (Wildman–Crippen LogP) is 2.05. The number of hydrogen-bond acceptors (Lipinski definition) is 6. The second-order valence-electron chi connectivity index (χ2n) is 6.76. The average molecular weight is 383 g/mol. The topological polar surface area (TPSA) is 77.6 Å². The van der Waals surface area contributed by atoms with Crippen molar-refractivity contribution in [2.75, 3.05) is 34.3 Å². The number of hydrogen-bond donors (Lipinski definition) is 5. The number of aliphatic hydroxyl groups excluding tert-OH is 1. The van der Waals surface area contributed by atoms with Crippen molar-refractivity contribution < 1.29 is 9.94 Å². The highest BCUT2D eigenvalue weighted by Crippen LogP contribution is 2.08. The largest absolute Gasteiger partial charge is 0.400 e. The van der Waals surface area contributed by atoms with E-state index in [1.165, 1.54) is 31.2 Å². The number of aliphatic hydroxyl groups is 1. The Hall–Kier alpha value is -1.02. The van der Waals surface area contributed by atoms with E-state index < -0.39 is 0 Å². The van der Waals surface area contributed by atoms with Gasteiger partial charge in [0, 0.05) is 31.8 Å². The Balaban J connectivity index is 0.000000528. The highest BCUT2D eigenvalue weighted by Gasteiger charge is 2.16. The van der Waals surface area contributed by atoms with Gasteiger partial charge in [0.15, 0.2) is 0 Å². The number of benzene rings is 1. The summed E-state index contributed by atoms with van der Waals surface area (Å²) >= 11 is 0. The molecule has 0 saturated carbocycles. The molecule has 2 rings (SSSR count). The van der Waals surface area contributed by atoms with E-state index in [4.69, 9.17) is 9.94 Å². The molecular weight excluding hydrogens is 340 g/mol. The first-order chi connectivity index (χ1) is 13.2. The van der Waals surface area contributed by atoms with Crippen LogP contribution in [0.25, 0.3) is 0 Å². The Morgan fingerprint density at radius 3 is 2.41 bits per heavy atom. The molecule has 1 aromatic carbocycles. The van der Waals surface area contributed by atoms with Gasteiger partial charge in [-0.3, -0.25) is 4.84 Å². The molecule has 6 heteroatoms. The van der Waals surface area contributed by atoms with E-state index >= 15 is 0 Å². The van der Waals surface area contributed by atoms with Gasteiger partial charge in [-0.15, -0.1) is 0 Å². The Bertz CT molecular complexity index is 408. The van der Waals surface area contributed by atoms with Gasteiger partial charge >= 0.3 is 0 Å². The summed E-state index contributed by atoms with van der Waals surface area (Å²) in [6, 6.07) is 12.0. The fourth-order valence-electron chi connectivity index (χ4n) is 2.79. The smallest absolute Gasteiger partial charge is 0.0933 e. The fraction of sp³-hybridized carbons (Fsp3) is 0.714. The quantitative estimate of drug-likeness (QED) is 0.421. The summed E-state index contributed by atoms with van der Waals surface area (Å²) in [7, 11) is 5.01. The van der Waals surface area contributed by atoms with Crippen molar-refractivity contribution in [2.24, 2.45) is 0 Å². The fourth-order valence-corrected chi connectivity index (χ4v) is 2.79.